The van der Waals surface area contributed by atoms with Crippen LogP contribution in [0.2, 0.25) is 0 Å². The molecule has 16 nitrogen and oxygen atoms in total. The van der Waals surface area contributed by atoms with Gasteiger partial charge in [0.15, 0.2) is 5.78 Å². The smallest absolute Gasteiger partial charge is 0.261 e. The molecule has 334 valence electrons. The third kappa shape index (κ3) is 14.8. The van der Waals surface area contributed by atoms with Crippen LogP contribution in [0.1, 0.15) is 91.3 Å². The topological polar surface area (TPSA) is 250 Å². The predicted octanol–water partition coefficient (Wildman–Crippen LogP) is 3.45. The van der Waals surface area contributed by atoms with Crippen LogP contribution in [-0.4, -0.2) is 93.5 Å². The van der Waals surface area contributed by atoms with Gasteiger partial charge in [-0.25, -0.2) is 16.3 Å². The number of aldehydes is 2. The zero-order valence-corrected chi connectivity index (χ0v) is 35.4. The molecule has 63 heavy (non-hydrogen) atoms. The van der Waals surface area contributed by atoms with Crippen LogP contribution in [0.15, 0.2) is 85.1 Å². The number of hydroxylamine groups is 1. The van der Waals surface area contributed by atoms with Gasteiger partial charge in [-0.3, -0.25) is 29.2 Å². The molecule has 4 atom stereocenters. The largest absolute Gasteiger partial charge is 0.361 e. The van der Waals surface area contributed by atoms with Crippen LogP contribution >= 0.6 is 0 Å². The first-order valence-electron chi connectivity index (χ1n) is 21.2. The number of fused-ring (bicyclic) bond motifs is 1. The van der Waals surface area contributed by atoms with E-state index in [-0.39, 0.29) is 50.2 Å². The molecule has 0 bridgehead atoms. The van der Waals surface area contributed by atoms with Crippen LogP contribution in [0.4, 0.5) is 0 Å². The molecule has 0 aliphatic carbocycles. The Hall–Kier alpha value is -6.51. The molecule has 4 amide bonds. The number of nitrogens with two attached hydrogens (primary N) is 2. The third-order valence-corrected chi connectivity index (χ3v) is 10.8. The highest BCUT2D eigenvalue weighted by atomic mass is 16.5. The first kappa shape index (κ1) is 49.1. The highest BCUT2D eigenvalue weighted by molar-refractivity contribution is 6.09. The molecule has 9 N–H and O–H groups in total. The molecule has 4 aromatic rings. The fourth-order valence-corrected chi connectivity index (χ4v) is 7.30. The Morgan fingerprint density at radius 3 is 2.17 bits per heavy atom. The first-order valence-corrected chi connectivity index (χ1v) is 21.2. The second kappa shape index (κ2) is 26.1. The lowest BCUT2D eigenvalue weighted by molar-refractivity contribution is -0.168. The van der Waals surface area contributed by atoms with Crippen molar-refractivity contribution in [3.05, 3.63) is 107 Å². The van der Waals surface area contributed by atoms with Gasteiger partial charge in [-0.2, -0.15) is 0 Å². The SMILES string of the molecule is C#CCCCC(=O)NCCCCC(C=O)N(N)N(C(=O)C(Cc1c[nH]c2ccccc12)NC(=O)C(CCCCN)CC(=O)NO)C(C=O)Cc1ccc(C(=O)c2ccccc2)cc1. The second-order valence-electron chi connectivity index (χ2n) is 15.3. The maximum absolute atomic E-state index is 15.2. The number of para-hydroxylation sites is 1. The number of hydrogen-bond acceptors (Lipinski definition) is 11. The lowest BCUT2D eigenvalue weighted by Gasteiger charge is -2.40. The molecular weight excluding hydrogens is 805 g/mol. The minimum Gasteiger partial charge on any atom is -0.361 e. The van der Waals surface area contributed by atoms with Gasteiger partial charge in [0.25, 0.3) is 5.91 Å². The van der Waals surface area contributed by atoms with Gasteiger partial charge >= 0.3 is 0 Å². The van der Waals surface area contributed by atoms with Crippen LogP contribution in [0.3, 0.4) is 0 Å². The molecule has 16 heteroatoms. The molecule has 0 saturated heterocycles. The van der Waals surface area contributed by atoms with Crippen LogP contribution < -0.4 is 27.7 Å². The van der Waals surface area contributed by atoms with E-state index in [9.17, 15) is 34.0 Å². The van der Waals surface area contributed by atoms with E-state index in [2.05, 4.69) is 21.5 Å². The summed E-state index contributed by atoms with van der Waals surface area (Å²) in [6.07, 6.45) is 11.1. The summed E-state index contributed by atoms with van der Waals surface area (Å²) < 4.78 is 0. The Bertz CT molecular complexity index is 2170. The fourth-order valence-electron chi connectivity index (χ4n) is 7.30. The molecule has 0 radical (unpaired) electrons. The summed E-state index contributed by atoms with van der Waals surface area (Å²) in [4.78, 5) is 96.1. The van der Waals surface area contributed by atoms with Crippen molar-refractivity contribution < 1.29 is 38.8 Å². The van der Waals surface area contributed by atoms with E-state index in [0.29, 0.717) is 86.4 Å². The monoisotopic (exact) mass is 862 g/mol. The van der Waals surface area contributed by atoms with Crippen LogP contribution in [0.25, 0.3) is 10.9 Å². The van der Waals surface area contributed by atoms with E-state index in [1.165, 1.54) is 0 Å². The number of rotatable bonds is 28. The van der Waals surface area contributed by atoms with E-state index in [1.54, 1.807) is 66.3 Å². The number of carbonyl (C=O) groups excluding carboxylic acids is 7. The van der Waals surface area contributed by atoms with Crippen molar-refractivity contribution in [1.29, 1.82) is 0 Å². The highest BCUT2D eigenvalue weighted by Gasteiger charge is 2.38. The number of H-pyrrole nitrogens is 1. The summed E-state index contributed by atoms with van der Waals surface area (Å²) in [6, 6.07) is 18.8. The highest BCUT2D eigenvalue weighted by Crippen LogP contribution is 2.23. The number of amides is 4. The van der Waals surface area contributed by atoms with Gasteiger partial charge in [0.2, 0.25) is 17.7 Å². The predicted molar refractivity (Wildman–Crippen MR) is 237 cm³/mol. The molecule has 4 rings (SSSR count). The number of nitrogens with one attached hydrogen (secondary N) is 4. The number of carbonyl (C=O) groups is 7. The minimum absolute atomic E-state index is 0.0880. The van der Waals surface area contributed by atoms with Crippen molar-refractivity contribution in [2.24, 2.45) is 17.5 Å². The van der Waals surface area contributed by atoms with Gasteiger partial charge in [0, 0.05) is 72.8 Å². The van der Waals surface area contributed by atoms with Crippen LogP contribution in [0.5, 0.6) is 0 Å². The lowest BCUT2D eigenvalue weighted by atomic mass is 9.95. The summed E-state index contributed by atoms with van der Waals surface area (Å²) in [5.41, 5.74) is 10.1. The van der Waals surface area contributed by atoms with Crippen molar-refractivity contribution in [2.75, 3.05) is 13.1 Å². The number of aromatic amines is 1. The van der Waals surface area contributed by atoms with Gasteiger partial charge in [-0.1, -0.05) is 79.2 Å². The standard InChI is InChI=1S/C47H58N8O8/c1-2-3-5-20-43(58)50-26-13-11-17-38(31-56)55(49)54(39(32-57)27-33-21-23-35(24-22-33)45(60)34-14-6-4-7-15-34)47(62)42(28-37-30-51-41-19-9-8-18-40(37)41)52-46(61)36(16-10-12-25-48)29-44(59)53-63/h1,4,6-9,14-15,18-19,21-24,30-32,36,38-39,42,51,63H,3,5,10-13,16-17,20,25-29,48-49H2,(H,50,58)(H,52,61)(H,53,59). The molecule has 4 unspecified atom stereocenters. The van der Waals surface area contributed by atoms with Crippen molar-refractivity contribution in [3.8, 4) is 12.3 Å². The summed E-state index contributed by atoms with van der Waals surface area (Å²) in [5, 5.41) is 17.6. The number of nitrogens with zero attached hydrogens (tertiary/aromatic N) is 2. The fraction of sp³-hybridized carbons (Fsp3) is 0.383. The summed E-state index contributed by atoms with van der Waals surface area (Å²) in [5.74, 6) is 5.63. The number of terminal acetylenes is 1. The normalized spacial score (nSPS) is 12.9. The Morgan fingerprint density at radius 1 is 0.810 bits per heavy atom. The van der Waals surface area contributed by atoms with Gasteiger partial charge in [-0.15, -0.1) is 17.5 Å². The molecule has 0 spiro atoms. The second-order valence-corrected chi connectivity index (χ2v) is 15.3. The van der Waals surface area contributed by atoms with Crippen molar-refractivity contribution >= 4 is 52.9 Å². The average molecular weight is 863 g/mol. The van der Waals surface area contributed by atoms with E-state index >= 15 is 4.79 Å². The van der Waals surface area contributed by atoms with Gasteiger partial charge in [0.05, 0.1) is 0 Å². The molecule has 0 aliphatic heterocycles. The van der Waals surface area contributed by atoms with Gasteiger partial charge in [-0.05, 0) is 62.3 Å². The quantitative estimate of drug-likeness (QED) is 0.00829. The van der Waals surface area contributed by atoms with Gasteiger partial charge in [0.1, 0.15) is 30.7 Å². The van der Waals surface area contributed by atoms with Crippen molar-refractivity contribution in [1.82, 2.24) is 31.2 Å². The maximum atomic E-state index is 15.2. The zero-order chi connectivity index (χ0) is 45.6. The van der Waals surface area contributed by atoms with Crippen LogP contribution in [0, 0.1) is 18.3 Å². The third-order valence-electron chi connectivity index (χ3n) is 10.8. The van der Waals surface area contributed by atoms with Crippen LogP contribution in [-0.2, 0) is 41.6 Å². The first-order chi connectivity index (χ1) is 30.5. The molecule has 0 aliphatic rings. The number of benzene rings is 3. The number of hydrazine groups is 2. The van der Waals surface area contributed by atoms with E-state index in [0.717, 1.165) is 21.0 Å². The Balaban J connectivity index is 1.69. The Morgan fingerprint density at radius 2 is 1.49 bits per heavy atom. The summed E-state index contributed by atoms with van der Waals surface area (Å²) >= 11 is 0. The Labute approximate surface area is 367 Å². The zero-order valence-electron chi connectivity index (χ0n) is 35.4. The molecule has 1 aromatic heterocycles. The van der Waals surface area contributed by atoms with Crippen molar-refractivity contribution in [2.45, 2.75) is 95.2 Å². The molecule has 0 fully saturated rings. The molecular formula is C47H58N8O8. The summed E-state index contributed by atoms with van der Waals surface area (Å²) in [6.45, 7) is 0.676. The molecule has 0 saturated carbocycles. The molecule has 1 heterocycles. The van der Waals surface area contributed by atoms with E-state index in [4.69, 9.17) is 18.0 Å². The van der Waals surface area contributed by atoms with Gasteiger partial charge < -0.3 is 30.9 Å². The number of unbranched alkanes of at least 4 members (excludes halogenated alkanes) is 3. The maximum Gasteiger partial charge on any atom is 0.261 e. The number of ketones is 1. The Kier molecular flexibility index (Phi) is 20.3. The summed E-state index contributed by atoms with van der Waals surface area (Å²) in [7, 11) is 0. The van der Waals surface area contributed by atoms with E-state index < -0.39 is 41.8 Å². The lowest BCUT2D eigenvalue weighted by Crippen LogP contribution is -2.65. The van der Waals surface area contributed by atoms with Crippen molar-refractivity contribution in [3.63, 3.8) is 0 Å². The molecule has 3 aromatic carbocycles. The number of hydrogen-bond donors (Lipinski definition) is 7. The van der Waals surface area contributed by atoms with E-state index in [1.807, 2.05) is 24.3 Å². The number of aromatic nitrogens is 1. The average Bonchev–Trinajstić information content (AvgIpc) is 3.71. The minimum atomic E-state index is -1.39.